The van der Waals surface area contributed by atoms with Crippen LogP contribution < -0.4 is 44.6 Å². The summed E-state index contributed by atoms with van der Waals surface area (Å²) in [5.41, 5.74) is 26.9. The molecule has 15 nitrogen and oxygen atoms in total. The highest BCUT2D eigenvalue weighted by atomic mass is 32.1. The summed E-state index contributed by atoms with van der Waals surface area (Å²) in [4.78, 5) is 64.0. The predicted octanol–water partition coefficient (Wildman–Crippen LogP) is -4.16. The topological polar surface area (TPSA) is 284 Å². The molecule has 0 bridgehead atoms. The molecule has 0 aliphatic heterocycles. The quantitative estimate of drug-likeness (QED) is 0.0361. The average molecular weight is 520 g/mol. The maximum absolute atomic E-state index is 12.9. The van der Waals surface area contributed by atoms with Crippen molar-refractivity contribution in [3.05, 3.63) is 0 Å². The number of unbranched alkanes of at least 4 members (excludes halogenated alkanes) is 1. The van der Waals surface area contributed by atoms with Gasteiger partial charge in [0.1, 0.15) is 18.1 Å². The SMILES string of the molecule is NCCCCC(N)C(=O)NC(CCCN=C(N)N)C(=O)NC(CS)C(=O)NC(CC(N)=O)C(=O)O. The average Bonchev–Trinajstić information content (AvgIpc) is 2.77. The lowest BCUT2D eigenvalue weighted by molar-refractivity contribution is -0.143. The van der Waals surface area contributed by atoms with Crippen LogP contribution in [0.15, 0.2) is 4.99 Å². The molecule has 0 aromatic rings. The number of hydrogen-bond donors (Lipinski definition) is 10. The first-order chi connectivity index (χ1) is 16.4. The van der Waals surface area contributed by atoms with Gasteiger partial charge in [-0.2, -0.15) is 12.6 Å². The number of guanidine groups is 1. The van der Waals surface area contributed by atoms with E-state index in [2.05, 4.69) is 33.6 Å². The summed E-state index contributed by atoms with van der Waals surface area (Å²) in [5.74, 6) is -4.94. The van der Waals surface area contributed by atoms with Gasteiger partial charge in [0, 0.05) is 12.3 Å². The number of hydrogen-bond acceptors (Lipinski definition) is 9. The van der Waals surface area contributed by atoms with Crippen molar-refractivity contribution in [2.75, 3.05) is 18.8 Å². The normalized spacial score (nSPS) is 14.0. The van der Waals surface area contributed by atoms with E-state index in [0.29, 0.717) is 32.2 Å². The number of amides is 4. The van der Waals surface area contributed by atoms with Crippen molar-refractivity contribution in [3.63, 3.8) is 0 Å². The number of aliphatic carboxylic acids is 1. The molecule has 35 heavy (non-hydrogen) atoms. The Morgan fingerprint density at radius 3 is 1.91 bits per heavy atom. The summed E-state index contributed by atoms with van der Waals surface area (Å²) in [7, 11) is 0. The molecule has 0 saturated heterocycles. The van der Waals surface area contributed by atoms with Crippen molar-refractivity contribution >= 4 is 48.2 Å². The fourth-order valence-electron chi connectivity index (χ4n) is 2.83. The molecule has 0 aromatic heterocycles. The molecule has 0 spiro atoms. The van der Waals surface area contributed by atoms with Gasteiger partial charge in [-0.15, -0.1) is 0 Å². The standard InChI is InChI=1S/C19H37N9O6S/c20-6-2-1-4-10(21)15(30)26-11(5-3-7-25-19(23)24)16(31)28-13(9-35)17(32)27-12(18(33)34)8-14(22)29/h10-13,35H,1-9,20-21H2,(H2,22,29)(H,26,30)(H,27,32)(H,28,31)(H,33,34)(H4,23,24,25). The number of carboxylic acid groups (broad SMARTS) is 1. The summed E-state index contributed by atoms with van der Waals surface area (Å²) >= 11 is 4.02. The number of carboxylic acids is 1. The van der Waals surface area contributed by atoms with Crippen LogP contribution >= 0.6 is 12.6 Å². The number of nitrogens with two attached hydrogens (primary N) is 5. The predicted molar refractivity (Wildman–Crippen MR) is 132 cm³/mol. The van der Waals surface area contributed by atoms with Crippen LogP contribution in [0.1, 0.15) is 38.5 Å². The van der Waals surface area contributed by atoms with Gasteiger partial charge in [-0.05, 0) is 32.2 Å². The fraction of sp³-hybridized carbons (Fsp3) is 0.684. The third-order valence-electron chi connectivity index (χ3n) is 4.72. The van der Waals surface area contributed by atoms with E-state index in [1.165, 1.54) is 0 Å². The van der Waals surface area contributed by atoms with Crippen molar-refractivity contribution in [2.45, 2.75) is 62.7 Å². The lowest BCUT2D eigenvalue weighted by Gasteiger charge is -2.24. The first-order valence-corrected chi connectivity index (χ1v) is 11.6. The van der Waals surface area contributed by atoms with E-state index in [1.54, 1.807) is 0 Å². The zero-order valence-corrected chi connectivity index (χ0v) is 20.3. The van der Waals surface area contributed by atoms with Crippen LogP contribution in [0, 0.1) is 0 Å². The minimum absolute atomic E-state index is 0.115. The summed E-state index contributed by atoms with van der Waals surface area (Å²) in [6.07, 6.45) is 1.48. The van der Waals surface area contributed by atoms with E-state index in [4.69, 9.17) is 33.8 Å². The molecule has 0 heterocycles. The molecule has 200 valence electrons. The monoisotopic (exact) mass is 519 g/mol. The molecule has 4 amide bonds. The smallest absolute Gasteiger partial charge is 0.326 e. The van der Waals surface area contributed by atoms with Gasteiger partial charge in [0.15, 0.2) is 5.96 Å². The Balaban J connectivity index is 5.33. The number of carbonyl (C=O) groups is 5. The van der Waals surface area contributed by atoms with Crippen LogP contribution in [0.2, 0.25) is 0 Å². The van der Waals surface area contributed by atoms with Gasteiger partial charge in [-0.25, -0.2) is 4.79 Å². The molecule has 4 atom stereocenters. The molecule has 0 rings (SSSR count). The van der Waals surface area contributed by atoms with Crippen LogP contribution in [-0.4, -0.2) is 83.7 Å². The second-order valence-corrected chi connectivity index (χ2v) is 8.08. The molecule has 0 saturated carbocycles. The second-order valence-electron chi connectivity index (χ2n) is 7.71. The third-order valence-corrected chi connectivity index (χ3v) is 5.08. The van der Waals surface area contributed by atoms with Crippen molar-refractivity contribution in [3.8, 4) is 0 Å². The summed E-state index contributed by atoms with van der Waals surface area (Å²) in [6, 6.07) is -4.81. The lowest BCUT2D eigenvalue weighted by atomic mass is 10.1. The summed E-state index contributed by atoms with van der Waals surface area (Å²) in [6.45, 7) is 0.647. The maximum atomic E-state index is 12.9. The van der Waals surface area contributed by atoms with E-state index < -0.39 is 60.2 Å². The first-order valence-electron chi connectivity index (χ1n) is 11.0. The first kappa shape index (κ1) is 31.9. The van der Waals surface area contributed by atoms with Crippen LogP contribution in [-0.2, 0) is 24.0 Å². The van der Waals surface area contributed by atoms with Gasteiger partial charge in [0.25, 0.3) is 0 Å². The van der Waals surface area contributed by atoms with Crippen LogP contribution in [0.3, 0.4) is 0 Å². The second kappa shape index (κ2) is 17.3. The van der Waals surface area contributed by atoms with Gasteiger partial charge >= 0.3 is 5.97 Å². The Morgan fingerprint density at radius 2 is 1.40 bits per heavy atom. The van der Waals surface area contributed by atoms with Gasteiger partial charge in [-0.1, -0.05) is 6.42 Å². The van der Waals surface area contributed by atoms with Crippen molar-refractivity contribution in [1.29, 1.82) is 0 Å². The Bertz CT molecular complexity index is 763. The van der Waals surface area contributed by atoms with Gasteiger partial charge in [0.2, 0.25) is 23.6 Å². The van der Waals surface area contributed by atoms with Crippen LogP contribution in [0.25, 0.3) is 0 Å². The molecule has 0 aliphatic carbocycles. The Kier molecular flexibility index (Phi) is 15.8. The zero-order valence-electron chi connectivity index (χ0n) is 19.4. The number of rotatable bonds is 18. The highest BCUT2D eigenvalue weighted by Gasteiger charge is 2.30. The molecule has 14 N–H and O–H groups in total. The minimum atomic E-state index is -1.58. The van der Waals surface area contributed by atoms with Gasteiger partial charge in [-0.3, -0.25) is 24.2 Å². The molecule has 0 fully saturated rings. The van der Waals surface area contributed by atoms with Crippen molar-refractivity contribution in [1.82, 2.24) is 16.0 Å². The molecular weight excluding hydrogens is 482 g/mol. The Labute approximate surface area is 208 Å². The van der Waals surface area contributed by atoms with E-state index in [0.717, 1.165) is 0 Å². The number of aliphatic imine (C=N–C) groups is 1. The largest absolute Gasteiger partial charge is 0.480 e. The van der Waals surface area contributed by atoms with Crippen LogP contribution in [0.4, 0.5) is 0 Å². The third kappa shape index (κ3) is 14.0. The lowest BCUT2D eigenvalue weighted by Crippen LogP contribution is -2.57. The molecule has 0 aromatic carbocycles. The van der Waals surface area contributed by atoms with Gasteiger partial charge in [0.05, 0.1) is 12.5 Å². The Morgan fingerprint density at radius 1 is 0.829 bits per heavy atom. The summed E-state index contributed by atoms with van der Waals surface area (Å²) < 4.78 is 0. The van der Waals surface area contributed by atoms with E-state index in [-0.39, 0.29) is 24.7 Å². The summed E-state index contributed by atoms with van der Waals surface area (Å²) in [5, 5.41) is 16.3. The number of nitrogens with zero attached hydrogens (tertiary/aromatic N) is 1. The maximum Gasteiger partial charge on any atom is 0.326 e. The Hall–Kier alpha value is -3.11. The molecule has 4 unspecified atom stereocenters. The van der Waals surface area contributed by atoms with Crippen molar-refractivity contribution in [2.24, 2.45) is 33.7 Å². The van der Waals surface area contributed by atoms with E-state index >= 15 is 0 Å². The molecular formula is C19H37N9O6S. The highest BCUT2D eigenvalue weighted by molar-refractivity contribution is 7.80. The van der Waals surface area contributed by atoms with E-state index in [1.807, 2.05) is 0 Å². The molecule has 0 radical (unpaired) electrons. The number of nitrogens with one attached hydrogen (secondary N) is 3. The van der Waals surface area contributed by atoms with Crippen molar-refractivity contribution < 1.29 is 29.1 Å². The highest BCUT2D eigenvalue weighted by Crippen LogP contribution is 2.04. The van der Waals surface area contributed by atoms with Gasteiger partial charge < -0.3 is 49.7 Å². The number of primary amides is 1. The minimum Gasteiger partial charge on any atom is -0.480 e. The van der Waals surface area contributed by atoms with E-state index in [9.17, 15) is 24.0 Å². The molecule has 0 aliphatic rings. The van der Waals surface area contributed by atoms with Crippen LogP contribution in [0.5, 0.6) is 0 Å². The number of carbonyl (C=O) groups excluding carboxylic acids is 4. The number of thiol groups is 1. The zero-order chi connectivity index (χ0) is 27.0. The molecule has 16 heteroatoms. The fourth-order valence-corrected chi connectivity index (χ4v) is 3.09.